The molecule has 2 saturated carbocycles. The fourth-order valence-electron chi connectivity index (χ4n) is 7.81. The highest BCUT2D eigenvalue weighted by molar-refractivity contribution is 7.91. The molecule has 2 N–H and O–H groups in total. The van der Waals surface area contributed by atoms with Crippen LogP contribution in [0.4, 0.5) is 4.79 Å². The zero-order chi connectivity index (χ0) is 40.6. The highest BCUT2D eigenvalue weighted by atomic mass is 32.2. The number of Topliss-reactive ketones (excluding diaryl/α,β-unsaturated/α-hetero) is 1. The van der Waals surface area contributed by atoms with E-state index in [1.165, 1.54) is 4.90 Å². The quantitative estimate of drug-likeness (QED) is 0.299. The third-order valence-electron chi connectivity index (χ3n) is 11.5. The van der Waals surface area contributed by atoms with E-state index in [1.807, 2.05) is 38.1 Å². The minimum atomic E-state index is -3.96. The molecule has 2 aliphatic carbocycles. The maximum atomic E-state index is 14.6. The van der Waals surface area contributed by atoms with E-state index in [9.17, 15) is 27.6 Å². The van der Waals surface area contributed by atoms with Crippen LogP contribution >= 0.6 is 0 Å². The van der Waals surface area contributed by atoms with Crippen LogP contribution in [0.3, 0.4) is 0 Å². The number of aromatic nitrogens is 1. The highest BCUT2D eigenvalue weighted by Gasteiger charge is 2.62. The zero-order valence-corrected chi connectivity index (χ0v) is 34.4. The van der Waals surface area contributed by atoms with E-state index in [-0.39, 0.29) is 31.1 Å². The predicted molar refractivity (Wildman–Crippen MR) is 209 cm³/mol. The number of amides is 3. The number of ether oxygens (including phenoxy) is 4. The lowest BCUT2D eigenvalue weighted by Crippen LogP contribution is -2.53. The first-order valence-electron chi connectivity index (χ1n) is 19.7. The first kappa shape index (κ1) is 41.2. The van der Waals surface area contributed by atoms with E-state index in [4.69, 9.17) is 23.9 Å². The molecule has 3 fully saturated rings. The van der Waals surface area contributed by atoms with Crippen LogP contribution in [-0.2, 0) is 29.1 Å². The van der Waals surface area contributed by atoms with Crippen molar-refractivity contribution in [3.63, 3.8) is 0 Å². The number of carbonyl (C=O) groups excluding carboxylic acids is 4. The lowest BCUT2D eigenvalue weighted by molar-refractivity contribution is -0.140. The van der Waals surface area contributed by atoms with E-state index in [0.717, 1.165) is 18.4 Å². The van der Waals surface area contributed by atoms with Gasteiger partial charge in [0.05, 0.1) is 42.0 Å². The van der Waals surface area contributed by atoms with Gasteiger partial charge >= 0.3 is 6.09 Å². The number of nitrogens with one attached hydrogen (secondary N) is 2. The van der Waals surface area contributed by atoms with Crippen LogP contribution in [0.5, 0.6) is 17.4 Å². The van der Waals surface area contributed by atoms with Crippen molar-refractivity contribution in [2.45, 2.75) is 134 Å². The number of benzene rings is 1. The summed E-state index contributed by atoms with van der Waals surface area (Å²) in [6, 6.07) is 3.33. The fraction of sp³-hybridized carbons (Fsp3) is 0.634. The van der Waals surface area contributed by atoms with Crippen molar-refractivity contribution in [2.24, 2.45) is 11.3 Å². The third kappa shape index (κ3) is 8.77. The second-order valence-corrected chi connectivity index (χ2v) is 19.1. The number of alkyl carbamates (subject to hydrolysis) is 1. The first-order valence-corrected chi connectivity index (χ1v) is 21.2. The molecule has 4 aliphatic rings. The van der Waals surface area contributed by atoms with Gasteiger partial charge in [-0.3, -0.25) is 19.1 Å². The van der Waals surface area contributed by atoms with Crippen LogP contribution < -0.4 is 24.2 Å². The van der Waals surface area contributed by atoms with Crippen LogP contribution in [-0.4, -0.2) is 90.8 Å². The average molecular weight is 797 g/mol. The summed E-state index contributed by atoms with van der Waals surface area (Å²) in [6.45, 7) is 10.9. The van der Waals surface area contributed by atoms with Gasteiger partial charge in [0.2, 0.25) is 27.7 Å². The van der Waals surface area contributed by atoms with Gasteiger partial charge in [0.25, 0.3) is 0 Å². The molecule has 14 nitrogen and oxygen atoms in total. The van der Waals surface area contributed by atoms with E-state index in [0.29, 0.717) is 73.4 Å². The molecule has 0 spiro atoms. The van der Waals surface area contributed by atoms with Crippen LogP contribution in [0, 0.1) is 18.3 Å². The lowest BCUT2D eigenvalue weighted by atomic mass is 9.91. The normalized spacial score (nSPS) is 27.2. The Hall–Kier alpha value is -4.40. The van der Waals surface area contributed by atoms with E-state index < -0.39 is 61.9 Å². The molecule has 6 rings (SSSR count). The molecule has 2 aromatic rings. The molecule has 306 valence electrons. The summed E-state index contributed by atoms with van der Waals surface area (Å²) >= 11 is 0. The largest absolute Gasteiger partial charge is 0.496 e. The van der Waals surface area contributed by atoms with Crippen molar-refractivity contribution in [3.8, 4) is 17.4 Å². The standard InChI is InChI=1S/C41H56N4O10S/c1-8-53-34-21-33(28-16-17-32(52-7)25(2)35(28)43-34)54-27-20-30-31(46)23-41(37(48)44-56(50,51)40(6)18-19-40)22-26(41)14-12-10-9-11-13-15-29(36(47)45(30)24-27)42-38(49)55-39(3,4)5/h12,14,16-17,21,26-27,29-30H,8-11,13,15,18-20,22-24H2,1-7H3,(H,42,49)(H,44,48)/b14-12-/t26-,27+,29-,30-,41+/m0/s1. The predicted octanol–water partition coefficient (Wildman–Crippen LogP) is 5.68. The molecule has 1 aromatic heterocycles. The van der Waals surface area contributed by atoms with Gasteiger partial charge in [0, 0.05) is 29.9 Å². The smallest absolute Gasteiger partial charge is 0.408 e. The number of fused-ring (bicyclic) bond motifs is 3. The van der Waals surface area contributed by atoms with Crippen LogP contribution in [0.1, 0.15) is 104 Å². The van der Waals surface area contributed by atoms with Gasteiger partial charge in [0.1, 0.15) is 29.2 Å². The van der Waals surface area contributed by atoms with Gasteiger partial charge < -0.3 is 29.2 Å². The number of carbonyl (C=O) groups is 4. The molecular weight excluding hydrogens is 741 g/mol. The molecule has 15 heteroatoms. The number of sulfonamides is 1. The maximum absolute atomic E-state index is 14.6. The van der Waals surface area contributed by atoms with Crippen molar-refractivity contribution >= 4 is 44.6 Å². The molecule has 3 heterocycles. The number of ketones is 1. The minimum Gasteiger partial charge on any atom is -0.496 e. The number of methoxy groups -OCH3 is 1. The molecule has 0 bridgehead atoms. The van der Waals surface area contributed by atoms with Crippen molar-refractivity contribution in [1.82, 2.24) is 19.9 Å². The van der Waals surface area contributed by atoms with Crippen molar-refractivity contribution in [2.75, 3.05) is 20.3 Å². The fourth-order valence-corrected chi connectivity index (χ4v) is 9.15. The number of aryl methyl sites for hydroxylation is 1. The Kier molecular flexibility index (Phi) is 11.7. The summed E-state index contributed by atoms with van der Waals surface area (Å²) in [5, 5.41) is 3.46. The van der Waals surface area contributed by atoms with E-state index >= 15 is 0 Å². The van der Waals surface area contributed by atoms with Crippen LogP contribution in [0.15, 0.2) is 30.4 Å². The third-order valence-corrected chi connectivity index (χ3v) is 13.6. The summed E-state index contributed by atoms with van der Waals surface area (Å²) in [5.74, 6) is -0.445. The molecule has 5 atom stereocenters. The van der Waals surface area contributed by atoms with Crippen molar-refractivity contribution < 1.29 is 46.5 Å². The number of hydrogen-bond donors (Lipinski definition) is 2. The zero-order valence-electron chi connectivity index (χ0n) is 33.6. The van der Waals surface area contributed by atoms with Gasteiger partial charge in [-0.05, 0) is 98.1 Å². The average Bonchev–Trinajstić information content (AvgIpc) is 4.00. The topological polar surface area (TPSA) is 180 Å². The van der Waals surface area contributed by atoms with Gasteiger partial charge in [0.15, 0.2) is 5.78 Å². The highest BCUT2D eigenvalue weighted by Crippen LogP contribution is 2.57. The van der Waals surface area contributed by atoms with Gasteiger partial charge in [-0.15, -0.1) is 0 Å². The van der Waals surface area contributed by atoms with Crippen molar-refractivity contribution in [1.29, 1.82) is 0 Å². The monoisotopic (exact) mass is 796 g/mol. The summed E-state index contributed by atoms with van der Waals surface area (Å²) < 4.78 is 51.3. The summed E-state index contributed by atoms with van der Waals surface area (Å²) in [4.78, 5) is 62.4. The van der Waals surface area contributed by atoms with Gasteiger partial charge in [-0.1, -0.05) is 25.0 Å². The Morgan fingerprint density at radius 2 is 1.84 bits per heavy atom. The number of rotatable bonds is 9. The summed E-state index contributed by atoms with van der Waals surface area (Å²) in [5.41, 5.74) is -0.688. The van der Waals surface area contributed by atoms with Crippen molar-refractivity contribution in [3.05, 3.63) is 35.9 Å². The molecular formula is C41H56N4O10S. The molecule has 1 saturated heterocycles. The summed E-state index contributed by atoms with van der Waals surface area (Å²) in [6.07, 6.45) is 6.78. The second-order valence-electron chi connectivity index (χ2n) is 16.9. The number of pyridine rings is 1. The Balaban J connectivity index is 1.35. The molecule has 0 unspecified atom stereocenters. The second kappa shape index (κ2) is 15.9. The first-order chi connectivity index (χ1) is 26.4. The van der Waals surface area contributed by atoms with Crippen LogP contribution in [0.25, 0.3) is 10.9 Å². The summed E-state index contributed by atoms with van der Waals surface area (Å²) in [7, 11) is -2.38. The van der Waals surface area contributed by atoms with Gasteiger partial charge in [-0.25, -0.2) is 18.2 Å². The molecule has 0 radical (unpaired) electrons. The Morgan fingerprint density at radius 1 is 1.09 bits per heavy atom. The van der Waals surface area contributed by atoms with Crippen LogP contribution in [0.2, 0.25) is 0 Å². The van der Waals surface area contributed by atoms with Gasteiger partial charge in [-0.2, -0.15) is 0 Å². The SMILES string of the molecule is CCOc1cc(O[C@@H]2C[C@H]3C(=O)C[C@]4(C(=O)NS(=O)(=O)C5(C)CC5)C[C@@H]4/C=C\CCCCC[C@H](NC(=O)OC(C)(C)C)C(=O)N3C2)c2ccc(OC)c(C)c2n1. The van der Waals surface area contributed by atoms with E-state index in [2.05, 4.69) is 10.0 Å². The maximum Gasteiger partial charge on any atom is 0.408 e. The molecule has 1 aromatic carbocycles. The molecule has 2 aliphatic heterocycles. The molecule has 3 amide bonds. The Labute approximate surface area is 329 Å². The Bertz CT molecular complexity index is 2010. The lowest BCUT2D eigenvalue weighted by Gasteiger charge is -2.30. The number of nitrogens with zero attached hydrogens (tertiary/aromatic N) is 2. The minimum absolute atomic E-state index is 0.0138. The molecule has 56 heavy (non-hydrogen) atoms. The Morgan fingerprint density at radius 3 is 2.52 bits per heavy atom. The number of hydrogen-bond acceptors (Lipinski definition) is 11. The number of allylic oxidation sites excluding steroid dienone is 2. The van der Waals surface area contributed by atoms with E-state index in [1.54, 1.807) is 40.9 Å².